The van der Waals surface area contributed by atoms with Crippen LogP contribution in [0.4, 0.5) is 13.2 Å². The molecule has 0 unspecified atom stereocenters. The van der Waals surface area contributed by atoms with Gasteiger partial charge in [0.1, 0.15) is 0 Å². The highest BCUT2D eigenvalue weighted by Gasteiger charge is 2.31. The van der Waals surface area contributed by atoms with E-state index in [-0.39, 0.29) is 24.0 Å². The number of nitrogens with one attached hydrogen (secondary N) is 1. The molecule has 3 rings (SSSR count). The molecule has 9 heteroatoms. The lowest BCUT2D eigenvalue weighted by Crippen LogP contribution is -2.31. The predicted octanol–water partition coefficient (Wildman–Crippen LogP) is 1.40. The molecule has 6 nitrogen and oxygen atoms in total. The Hall–Kier alpha value is -2.16. The monoisotopic (exact) mass is 314 g/mol. The molecular weight excluding hydrogens is 301 g/mol. The van der Waals surface area contributed by atoms with Gasteiger partial charge in [-0.1, -0.05) is 0 Å². The zero-order chi connectivity index (χ0) is 15.7. The molecule has 0 aliphatic carbocycles. The SMILES string of the molecule is O=C(NCc1nnc2cc(C(F)(F)F)ccn12)[C@@H]1CCOC1. The van der Waals surface area contributed by atoms with Gasteiger partial charge < -0.3 is 10.1 Å². The number of amides is 1. The number of alkyl halides is 3. The fraction of sp³-hybridized carbons (Fsp3) is 0.462. The summed E-state index contributed by atoms with van der Waals surface area (Å²) in [5.41, 5.74) is -0.700. The summed E-state index contributed by atoms with van der Waals surface area (Å²) in [6.07, 6.45) is -2.51. The third-order valence-corrected chi connectivity index (χ3v) is 3.53. The molecule has 1 amide bonds. The molecule has 118 valence electrons. The summed E-state index contributed by atoms with van der Waals surface area (Å²) in [6.45, 7) is 1.05. The van der Waals surface area contributed by atoms with E-state index in [2.05, 4.69) is 15.5 Å². The van der Waals surface area contributed by atoms with E-state index in [0.29, 0.717) is 25.5 Å². The number of rotatable bonds is 3. The van der Waals surface area contributed by atoms with Gasteiger partial charge in [-0.3, -0.25) is 9.20 Å². The highest BCUT2D eigenvalue weighted by molar-refractivity contribution is 5.78. The summed E-state index contributed by atoms with van der Waals surface area (Å²) in [6, 6.07) is 1.87. The van der Waals surface area contributed by atoms with E-state index < -0.39 is 11.7 Å². The number of carbonyl (C=O) groups excluding carboxylic acids is 1. The largest absolute Gasteiger partial charge is 0.416 e. The van der Waals surface area contributed by atoms with Crippen molar-refractivity contribution in [2.75, 3.05) is 13.2 Å². The summed E-state index contributed by atoms with van der Waals surface area (Å²) in [7, 11) is 0. The Labute approximate surface area is 123 Å². The van der Waals surface area contributed by atoms with Crippen LogP contribution in [0.1, 0.15) is 17.8 Å². The fourth-order valence-electron chi connectivity index (χ4n) is 2.29. The average Bonchev–Trinajstić information content (AvgIpc) is 3.13. The molecule has 3 heterocycles. The molecule has 0 bridgehead atoms. The topological polar surface area (TPSA) is 68.5 Å². The van der Waals surface area contributed by atoms with Gasteiger partial charge in [-0.05, 0) is 18.6 Å². The van der Waals surface area contributed by atoms with Crippen LogP contribution in [-0.2, 0) is 22.3 Å². The maximum Gasteiger partial charge on any atom is 0.416 e. The van der Waals surface area contributed by atoms with Crippen molar-refractivity contribution in [3.63, 3.8) is 0 Å². The van der Waals surface area contributed by atoms with Gasteiger partial charge in [0.2, 0.25) is 5.91 Å². The minimum absolute atomic E-state index is 0.0864. The van der Waals surface area contributed by atoms with Gasteiger partial charge in [-0.25, -0.2) is 0 Å². The summed E-state index contributed by atoms with van der Waals surface area (Å²) >= 11 is 0. The van der Waals surface area contributed by atoms with Crippen LogP contribution in [0.15, 0.2) is 18.3 Å². The minimum atomic E-state index is -4.43. The van der Waals surface area contributed by atoms with E-state index in [1.54, 1.807) is 0 Å². The second kappa shape index (κ2) is 5.56. The van der Waals surface area contributed by atoms with Crippen LogP contribution in [-0.4, -0.2) is 33.7 Å². The van der Waals surface area contributed by atoms with Crippen LogP contribution >= 0.6 is 0 Å². The number of pyridine rings is 1. The molecular formula is C13H13F3N4O2. The molecule has 0 aromatic carbocycles. The fourth-order valence-corrected chi connectivity index (χ4v) is 2.29. The Morgan fingerprint density at radius 2 is 2.27 bits per heavy atom. The highest BCUT2D eigenvalue weighted by atomic mass is 19.4. The van der Waals surface area contributed by atoms with Gasteiger partial charge in [0, 0.05) is 12.8 Å². The molecule has 1 N–H and O–H groups in total. The second-order valence-electron chi connectivity index (χ2n) is 5.04. The van der Waals surface area contributed by atoms with Crippen molar-refractivity contribution in [1.82, 2.24) is 19.9 Å². The van der Waals surface area contributed by atoms with E-state index in [1.807, 2.05) is 0 Å². The number of fused-ring (bicyclic) bond motifs is 1. The number of aromatic nitrogens is 3. The first-order valence-corrected chi connectivity index (χ1v) is 6.71. The Morgan fingerprint density at radius 3 is 2.95 bits per heavy atom. The standard InChI is InChI=1S/C13H13F3N4O2/c14-13(15,16)9-1-3-20-10(5-9)18-19-11(20)6-17-12(21)8-2-4-22-7-8/h1,3,5,8H,2,4,6-7H2,(H,17,21)/t8-/m1/s1. The molecule has 0 radical (unpaired) electrons. The molecule has 0 spiro atoms. The van der Waals surface area contributed by atoms with E-state index in [1.165, 1.54) is 10.6 Å². The highest BCUT2D eigenvalue weighted by Crippen LogP contribution is 2.29. The van der Waals surface area contributed by atoms with Crippen LogP contribution in [0, 0.1) is 5.92 Å². The summed E-state index contributed by atoms with van der Waals surface area (Å²) in [5, 5.41) is 10.2. The first-order valence-electron chi connectivity index (χ1n) is 6.71. The number of carbonyl (C=O) groups is 1. The summed E-state index contributed by atoms with van der Waals surface area (Å²) in [4.78, 5) is 11.9. The Bertz CT molecular complexity index is 692. The predicted molar refractivity (Wildman–Crippen MR) is 68.8 cm³/mol. The zero-order valence-corrected chi connectivity index (χ0v) is 11.4. The summed E-state index contributed by atoms with van der Waals surface area (Å²) in [5.74, 6) is 0.0353. The van der Waals surface area contributed by atoms with Gasteiger partial charge in [0.25, 0.3) is 0 Å². The molecule has 1 aliphatic heterocycles. The first-order chi connectivity index (χ1) is 10.4. The van der Waals surface area contributed by atoms with Crippen LogP contribution in [0.25, 0.3) is 5.65 Å². The third kappa shape index (κ3) is 2.89. The van der Waals surface area contributed by atoms with Gasteiger partial charge >= 0.3 is 6.18 Å². The minimum Gasteiger partial charge on any atom is -0.381 e. The van der Waals surface area contributed by atoms with E-state index in [0.717, 1.165) is 12.1 Å². The lowest BCUT2D eigenvalue weighted by Gasteiger charge is -2.09. The van der Waals surface area contributed by atoms with E-state index in [4.69, 9.17) is 4.74 Å². The smallest absolute Gasteiger partial charge is 0.381 e. The van der Waals surface area contributed by atoms with Crippen molar-refractivity contribution in [3.05, 3.63) is 29.7 Å². The van der Waals surface area contributed by atoms with Gasteiger partial charge in [-0.15, -0.1) is 10.2 Å². The van der Waals surface area contributed by atoms with Crippen molar-refractivity contribution in [2.45, 2.75) is 19.1 Å². The van der Waals surface area contributed by atoms with Gasteiger partial charge in [-0.2, -0.15) is 13.2 Å². The molecule has 1 fully saturated rings. The summed E-state index contributed by atoms with van der Waals surface area (Å²) < 4.78 is 44.4. The Balaban J connectivity index is 1.73. The Kier molecular flexibility index (Phi) is 3.73. The third-order valence-electron chi connectivity index (χ3n) is 3.53. The maximum absolute atomic E-state index is 12.6. The normalized spacial score (nSPS) is 18.8. The molecule has 1 saturated heterocycles. The number of ether oxygens (including phenoxy) is 1. The molecule has 2 aromatic rings. The zero-order valence-electron chi connectivity index (χ0n) is 11.4. The number of halogens is 3. The Morgan fingerprint density at radius 1 is 1.45 bits per heavy atom. The average molecular weight is 314 g/mol. The lowest BCUT2D eigenvalue weighted by atomic mass is 10.1. The van der Waals surface area contributed by atoms with Crippen molar-refractivity contribution >= 4 is 11.6 Å². The van der Waals surface area contributed by atoms with E-state index >= 15 is 0 Å². The molecule has 22 heavy (non-hydrogen) atoms. The van der Waals surface area contributed by atoms with E-state index in [9.17, 15) is 18.0 Å². The molecule has 2 aromatic heterocycles. The van der Waals surface area contributed by atoms with Gasteiger partial charge in [0.05, 0.1) is 24.6 Å². The number of hydrogen-bond acceptors (Lipinski definition) is 4. The second-order valence-corrected chi connectivity index (χ2v) is 5.04. The lowest BCUT2D eigenvalue weighted by molar-refractivity contribution is -0.137. The molecule has 0 saturated carbocycles. The van der Waals surface area contributed by atoms with Crippen LogP contribution in [0.2, 0.25) is 0 Å². The van der Waals surface area contributed by atoms with Crippen LogP contribution in [0.3, 0.4) is 0 Å². The van der Waals surface area contributed by atoms with Crippen molar-refractivity contribution in [3.8, 4) is 0 Å². The van der Waals surface area contributed by atoms with Crippen molar-refractivity contribution in [2.24, 2.45) is 5.92 Å². The van der Waals surface area contributed by atoms with Crippen LogP contribution < -0.4 is 5.32 Å². The number of nitrogens with zero attached hydrogens (tertiary/aromatic N) is 3. The van der Waals surface area contributed by atoms with Gasteiger partial charge in [0.15, 0.2) is 11.5 Å². The van der Waals surface area contributed by atoms with Crippen molar-refractivity contribution in [1.29, 1.82) is 0 Å². The molecule has 1 atom stereocenters. The quantitative estimate of drug-likeness (QED) is 0.930. The number of hydrogen-bond donors (Lipinski definition) is 1. The van der Waals surface area contributed by atoms with Crippen LogP contribution in [0.5, 0.6) is 0 Å². The first kappa shape index (κ1) is 14.8. The maximum atomic E-state index is 12.6. The molecule has 1 aliphatic rings. The van der Waals surface area contributed by atoms with Crippen molar-refractivity contribution < 1.29 is 22.7 Å².